The molecule has 0 spiro atoms. The van der Waals surface area contributed by atoms with Gasteiger partial charge in [-0.05, 0) is 38.8 Å². The van der Waals surface area contributed by atoms with Gasteiger partial charge in [-0.15, -0.1) is 0 Å². The third kappa shape index (κ3) is 3.46. The van der Waals surface area contributed by atoms with Gasteiger partial charge in [0, 0.05) is 31.2 Å². The number of aromatic nitrogens is 3. The zero-order chi connectivity index (χ0) is 19.0. The van der Waals surface area contributed by atoms with Crippen LogP contribution in [-0.2, 0) is 11.2 Å². The summed E-state index contributed by atoms with van der Waals surface area (Å²) in [5.74, 6) is 1.57. The zero-order valence-electron chi connectivity index (χ0n) is 16.2. The van der Waals surface area contributed by atoms with E-state index < -0.39 is 0 Å². The molecule has 0 N–H and O–H groups in total. The van der Waals surface area contributed by atoms with Crippen molar-refractivity contribution in [1.29, 1.82) is 0 Å². The second-order valence-corrected chi connectivity index (χ2v) is 7.79. The molecule has 1 aliphatic heterocycles. The Hall–Kier alpha value is -2.69. The molecule has 0 unspecified atom stereocenters. The molecule has 140 valence electrons. The summed E-state index contributed by atoms with van der Waals surface area (Å²) in [5.41, 5.74) is 4.34. The Morgan fingerprint density at radius 2 is 2.15 bits per heavy atom. The molecule has 0 bridgehead atoms. The Morgan fingerprint density at radius 3 is 2.93 bits per heavy atom. The molecule has 1 atom stereocenters. The summed E-state index contributed by atoms with van der Waals surface area (Å²) >= 11 is 0. The van der Waals surface area contributed by atoms with Gasteiger partial charge in [0.1, 0.15) is 5.82 Å². The molecule has 3 heterocycles. The van der Waals surface area contributed by atoms with Gasteiger partial charge in [-0.1, -0.05) is 29.8 Å². The third-order valence-electron chi connectivity index (χ3n) is 5.38. The van der Waals surface area contributed by atoms with Crippen molar-refractivity contribution in [3.8, 4) is 0 Å². The first-order valence-electron chi connectivity index (χ1n) is 9.68. The number of likely N-dealkylation sites (tertiary alicyclic amines) is 1. The predicted octanol–water partition coefficient (Wildman–Crippen LogP) is 3.88. The Labute approximate surface area is 160 Å². The highest BCUT2D eigenvalue weighted by Crippen LogP contribution is 2.31. The number of pyridine rings is 1. The maximum absolute atomic E-state index is 12.8. The number of benzene rings is 1. The number of hydrogen-bond donors (Lipinski definition) is 0. The lowest BCUT2D eigenvalue weighted by atomic mass is 10.1. The van der Waals surface area contributed by atoms with E-state index in [0.29, 0.717) is 12.5 Å². The van der Waals surface area contributed by atoms with Gasteiger partial charge >= 0.3 is 0 Å². The second-order valence-electron chi connectivity index (χ2n) is 7.79. The predicted molar refractivity (Wildman–Crippen MR) is 107 cm³/mol. The SMILES string of the molecule is Cc1cccc(CC(=O)N2CC[C@@H](c3nc4ccncc4n3C(C)C)C2)c1. The highest BCUT2D eigenvalue weighted by atomic mass is 16.2. The van der Waals surface area contributed by atoms with Gasteiger partial charge in [-0.3, -0.25) is 9.78 Å². The van der Waals surface area contributed by atoms with Gasteiger partial charge in [-0.2, -0.15) is 0 Å². The molecule has 0 radical (unpaired) electrons. The minimum atomic E-state index is 0.206. The second kappa shape index (κ2) is 7.14. The van der Waals surface area contributed by atoms with Gasteiger partial charge < -0.3 is 9.47 Å². The molecule has 5 heteroatoms. The lowest BCUT2D eigenvalue weighted by molar-refractivity contribution is -0.129. The van der Waals surface area contributed by atoms with Crippen LogP contribution in [0.1, 0.15) is 49.2 Å². The molecule has 0 aliphatic carbocycles. The molecule has 1 aromatic carbocycles. The number of rotatable bonds is 4. The van der Waals surface area contributed by atoms with E-state index in [4.69, 9.17) is 4.98 Å². The molecule has 1 amide bonds. The monoisotopic (exact) mass is 362 g/mol. The van der Waals surface area contributed by atoms with E-state index >= 15 is 0 Å². The Bertz CT molecular complexity index is 975. The number of carbonyl (C=O) groups is 1. The summed E-state index contributed by atoms with van der Waals surface area (Å²) < 4.78 is 2.28. The molecule has 27 heavy (non-hydrogen) atoms. The lowest BCUT2D eigenvalue weighted by Crippen LogP contribution is -2.30. The van der Waals surface area contributed by atoms with Crippen LogP contribution in [0, 0.1) is 6.92 Å². The smallest absolute Gasteiger partial charge is 0.227 e. The van der Waals surface area contributed by atoms with E-state index in [1.807, 2.05) is 29.3 Å². The van der Waals surface area contributed by atoms with Gasteiger partial charge in [0.25, 0.3) is 0 Å². The molecule has 5 nitrogen and oxygen atoms in total. The van der Waals surface area contributed by atoms with Crippen LogP contribution in [0.15, 0.2) is 42.7 Å². The number of carbonyl (C=O) groups excluding carboxylic acids is 1. The molecule has 4 rings (SSSR count). The first-order chi connectivity index (χ1) is 13.0. The Kier molecular flexibility index (Phi) is 4.68. The summed E-state index contributed by atoms with van der Waals surface area (Å²) in [7, 11) is 0. The van der Waals surface area contributed by atoms with Crippen molar-refractivity contribution in [2.24, 2.45) is 0 Å². The standard InChI is InChI=1S/C22H26N4O/c1-15(2)26-20-13-23-9-7-19(20)24-22(26)18-8-10-25(14-18)21(27)12-17-6-4-5-16(3)11-17/h4-7,9,11,13,15,18H,8,10,12,14H2,1-3H3/t18-/m1/s1. The van der Waals surface area contributed by atoms with Gasteiger partial charge in [-0.25, -0.2) is 4.98 Å². The fraction of sp³-hybridized carbons (Fsp3) is 0.409. The van der Waals surface area contributed by atoms with Crippen molar-refractivity contribution in [3.05, 3.63) is 59.7 Å². The highest BCUT2D eigenvalue weighted by Gasteiger charge is 2.31. The minimum absolute atomic E-state index is 0.206. The van der Waals surface area contributed by atoms with Crippen LogP contribution in [0.3, 0.4) is 0 Å². The van der Waals surface area contributed by atoms with E-state index in [0.717, 1.165) is 41.9 Å². The Morgan fingerprint density at radius 1 is 1.30 bits per heavy atom. The molecule has 1 aliphatic rings. The minimum Gasteiger partial charge on any atom is -0.342 e. The van der Waals surface area contributed by atoms with Gasteiger partial charge in [0.2, 0.25) is 5.91 Å². The molecular formula is C22H26N4O. The van der Waals surface area contributed by atoms with Crippen LogP contribution in [0.25, 0.3) is 11.0 Å². The summed E-state index contributed by atoms with van der Waals surface area (Å²) in [5, 5.41) is 0. The maximum atomic E-state index is 12.8. The van der Waals surface area contributed by atoms with Crippen molar-refractivity contribution >= 4 is 16.9 Å². The molecule has 3 aromatic rings. The topological polar surface area (TPSA) is 51.0 Å². The summed E-state index contributed by atoms with van der Waals surface area (Å²) in [4.78, 5) is 23.9. The van der Waals surface area contributed by atoms with Crippen LogP contribution in [-0.4, -0.2) is 38.4 Å². The van der Waals surface area contributed by atoms with Gasteiger partial charge in [0.15, 0.2) is 0 Å². The van der Waals surface area contributed by atoms with E-state index in [9.17, 15) is 4.79 Å². The zero-order valence-corrected chi connectivity index (χ0v) is 16.2. The fourth-order valence-electron chi connectivity index (χ4n) is 4.10. The average Bonchev–Trinajstić information content (AvgIpc) is 3.26. The Balaban J connectivity index is 1.53. The van der Waals surface area contributed by atoms with E-state index in [-0.39, 0.29) is 11.8 Å². The lowest BCUT2D eigenvalue weighted by Gasteiger charge is -2.19. The summed E-state index contributed by atoms with van der Waals surface area (Å²) in [6.07, 6.45) is 5.11. The fourth-order valence-corrected chi connectivity index (χ4v) is 4.10. The normalized spacial score (nSPS) is 17.2. The number of aryl methyl sites for hydroxylation is 1. The molecule has 2 aromatic heterocycles. The van der Waals surface area contributed by atoms with E-state index in [1.54, 1.807) is 6.20 Å². The molecule has 1 fully saturated rings. The summed E-state index contributed by atoms with van der Waals surface area (Å²) in [6, 6.07) is 10.5. The largest absolute Gasteiger partial charge is 0.342 e. The van der Waals surface area contributed by atoms with Crippen molar-refractivity contribution in [2.75, 3.05) is 13.1 Å². The third-order valence-corrected chi connectivity index (χ3v) is 5.38. The molecule has 1 saturated heterocycles. The van der Waals surface area contributed by atoms with E-state index in [1.165, 1.54) is 5.56 Å². The van der Waals surface area contributed by atoms with Crippen molar-refractivity contribution < 1.29 is 4.79 Å². The van der Waals surface area contributed by atoms with Crippen LogP contribution >= 0.6 is 0 Å². The molecular weight excluding hydrogens is 336 g/mol. The number of imidazole rings is 1. The van der Waals surface area contributed by atoms with Crippen LogP contribution in [0.5, 0.6) is 0 Å². The van der Waals surface area contributed by atoms with Crippen molar-refractivity contribution in [3.63, 3.8) is 0 Å². The number of fused-ring (bicyclic) bond motifs is 1. The number of hydrogen-bond acceptors (Lipinski definition) is 3. The van der Waals surface area contributed by atoms with Crippen LogP contribution < -0.4 is 0 Å². The van der Waals surface area contributed by atoms with Crippen molar-refractivity contribution in [2.45, 2.75) is 45.6 Å². The van der Waals surface area contributed by atoms with Gasteiger partial charge in [0.05, 0.1) is 23.7 Å². The van der Waals surface area contributed by atoms with Crippen molar-refractivity contribution in [1.82, 2.24) is 19.4 Å². The highest BCUT2D eigenvalue weighted by molar-refractivity contribution is 5.79. The average molecular weight is 362 g/mol. The number of amides is 1. The molecule has 0 saturated carbocycles. The number of nitrogens with zero attached hydrogens (tertiary/aromatic N) is 4. The first-order valence-corrected chi connectivity index (χ1v) is 9.68. The maximum Gasteiger partial charge on any atom is 0.227 e. The summed E-state index contributed by atoms with van der Waals surface area (Å²) in [6.45, 7) is 7.95. The first kappa shape index (κ1) is 17.7. The van der Waals surface area contributed by atoms with E-state index in [2.05, 4.69) is 42.5 Å². The van der Waals surface area contributed by atoms with Crippen LogP contribution in [0.2, 0.25) is 0 Å². The quantitative estimate of drug-likeness (QED) is 0.708. The van der Waals surface area contributed by atoms with Crippen LogP contribution in [0.4, 0.5) is 0 Å².